The summed E-state index contributed by atoms with van der Waals surface area (Å²) in [6.07, 6.45) is 5.89. The average molecular weight is 1380 g/mol. The Bertz CT molecular complexity index is 4050. The number of likely N-dealkylation sites (tertiary alicyclic amines) is 2. The number of nitrogens with zero attached hydrogens (tertiary/aromatic N) is 12. The summed E-state index contributed by atoms with van der Waals surface area (Å²) in [6, 6.07) is 16.1. The SMILES string of the molecule is CC(C)(C)OC(=O)NC1CN(c2cc(N3CC(NC(=O)OC(C)(C)C)C3)n3nc([C@@H]4CCCCN4C(=O)c4cc(Cl)ccc4NS(C)(=O)=O)cc3n2)C1.CS(=O)(=O)Nc1ccc(Cl)cc1C(=O)N1CCCC[C@H]1c1cc2nc(N3CC(N)C3)cc(N3CC(N)C3)n2n1.Cl. The molecule has 0 radical (unpaired) electrons. The van der Waals surface area contributed by atoms with Gasteiger partial charge in [-0.1, -0.05) is 23.2 Å². The number of halogens is 3. The molecule has 6 aliphatic rings. The number of piperidine rings is 2. The van der Waals surface area contributed by atoms with Crippen LogP contribution in [0, 0.1) is 0 Å². The molecule has 8 N–H and O–H groups in total. The molecule has 0 unspecified atom stereocenters. The van der Waals surface area contributed by atoms with E-state index in [9.17, 15) is 36.0 Å². The van der Waals surface area contributed by atoms with Crippen molar-refractivity contribution < 1.29 is 45.5 Å². The number of benzene rings is 2. The number of carbonyl (C=O) groups is 4. The molecule has 2 aromatic carbocycles. The van der Waals surface area contributed by atoms with Gasteiger partial charge < -0.3 is 61.0 Å². The van der Waals surface area contributed by atoms with Gasteiger partial charge in [0.15, 0.2) is 11.3 Å². The van der Waals surface area contributed by atoms with Gasteiger partial charge in [-0.3, -0.25) is 19.0 Å². The van der Waals surface area contributed by atoms with Gasteiger partial charge in [0.05, 0.1) is 70.6 Å². The van der Waals surface area contributed by atoms with Gasteiger partial charge in [-0.25, -0.2) is 36.4 Å². The molecule has 28 nitrogen and oxygen atoms in total. The Morgan fingerprint density at radius 1 is 0.538 bits per heavy atom. The fourth-order valence-electron chi connectivity index (χ4n) is 12.1. The van der Waals surface area contributed by atoms with Crippen LogP contribution in [0.15, 0.2) is 60.7 Å². The van der Waals surface area contributed by atoms with Gasteiger partial charge in [-0.05, 0) is 116 Å². The summed E-state index contributed by atoms with van der Waals surface area (Å²) in [5.41, 5.74) is 14.2. The van der Waals surface area contributed by atoms with Crippen molar-refractivity contribution in [2.75, 3.05) is 107 Å². The number of nitrogens with one attached hydrogen (secondary N) is 4. The minimum atomic E-state index is -3.67. The van der Waals surface area contributed by atoms with Gasteiger partial charge in [0.2, 0.25) is 20.0 Å². The van der Waals surface area contributed by atoms with Crippen LogP contribution in [0.25, 0.3) is 11.3 Å². The van der Waals surface area contributed by atoms with Crippen LogP contribution in [0.2, 0.25) is 10.0 Å². The van der Waals surface area contributed by atoms with E-state index in [0.29, 0.717) is 78.5 Å². The zero-order valence-corrected chi connectivity index (χ0v) is 57.1. The van der Waals surface area contributed by atoms with Crippen LogP contribution < -0.4 is 51.1 Å². The maximum Gasteiger partial charge on any atom is 0.407 e. The van der Waals surface area contributed by atoms with E-state index in [2.05, 4.69) is 39.7 Å². The molecule has 0 saturated carbocycles. The Morgan fingerprint density at radius 3 is 1.28 bits per heavy atom. The summed E-state index contributed by atoms with van der Waals surface area (Å²) >= 11 is 12.5. The number of rotatable bonds is 14. The number of carbonyl (C=O) groups excluding carboxylic acids is 4. The molecule has 0 bridgehead atoms. The second-order valence-electron chi connectivity index (χ2n) is 26.6. The molecule has 33 heteroatoms. The van der Waals surface area contributed by atoms with E-state index in [1.165, 1.54) is 30.3 Å². The smallest absolute Gasteiger partial charge is 0.407 e. The lowest BCUT2D eigenvalue weighted by Gasteiger charge is -2.43. The van der Waals surface area contributed by atoms with Crippen LogP contribution in [0.1, 0.15) is 124 Å². The molecule has 6 aromatic rings. The molecular formula is C60H81Cl3N18O10S2. The van der Waals surface area contributed by atoms with Gasteiger partial charge >= 0.3 is 12.2 Å². The summed E-state index contributed by atoms with van der Waals surface area (Å²) in [6.45, 7) is 16.9. The predicted molar refractivity (Wildman–Crippen MR) is 359 cm³/mol. The number of aromatic nitrogens is 6. The first-order chi connectivity index (χ1) is 43.3. The van der Waals surface area contributed by atoms with E-state index in [0.717, 1.165) is 93.9 Å². The number of hydrogen-bond acceptors (Lipinski definition) is 20. The van der Waals surface area contributed by atoms with Gasteiger partial charge in [-0.15, -0.1) is 12.4 Å². The Hall–Kier alpha value is -7.35. The molecule has 4 amide bonds. The van der Waals surface area contributed by atoms with Crippen molar-refractivity contribution in [1.29, 1.82) is 0 Å². The minimum Gasteiger partial charge on any atom is -0.444 e. The normalized spacial score (nSPS) is 19.3. The Balaban J connectivity index is 0.000000210. The van der Waals surface area contributed by atoms with Gasteiger partial charge in [0.1, 0.15) is 34.5 Å². The maximum atomic E-state index is 14.2. The molecule has 4 aromatic heterocycles. The topological polar surface area (TPSA) is 335 Å². The molecule has 6 fully saturated rings. The number of ether oxygens (including phenoxy) is 2. The highest BCUT2D eigenvalue weighted by Crippen LogP contribution is 2.39. The highest BCUT2D eigenvalue weighted by molar-refractivity contribution is 7.92. The van der Waals surface area contributed by atoms with E-state index in [1.54, 1.807) is 20.4 Å². The Morgan fingerprint density at radius 2 is 0.903 bits per heavy atom. The first-order valence-corrected chi connectivity index (χ1v) is 35.3. The monoisotopic (exact) mass is 1380 g/mol. The summed E-state index contributed by atoms with van der Waals surface area (Å²) in [5, 5.41) is 16.4. The molecule has 504 valence electrons. The summed E-state index contributed by atoms with van der Waals surface area (Å²) in [4.78, 5) is 74.7. The number of fused-ring (bicyclic) bond motifs is 2. The van der Waals surface area contributed by atoms with Gasteiger partial charge in [-0.2, -0.15) is 19.2 Å². The minimum absolute atomic E-state index is 0. The van der Waals surface area contributed by atoms with E-state index < -0.39 is 49.5 Å². The van der Waals surface area contributed by atoms with Crippen molar-refractivity contribution in [3.05, 3.63) is 93.2 Å². The van der Waals surface area contributed by atoms with E-state index in [4.69, 9.17) is 64.3 Å². The number of alkyl carbamates (subject to hydrolysis) is 2. The van der Waals surface area contributed by atoms with Crippen LogP contribution in [0.3, 0.4) is 0 Å². The lowest BCUT2D eigenvalue weighted by Crippen LogP contribution is -2.61. The van der Waals surface area contributed by atoms with Gasteiger partial charge in [0, 0.05) is 112 Å². The quantitative estimate of drug-likeness (QED) is 0.0688. The molecule has 2 atom stereocenters. The molecule has 6 saturated heterocycles. The Labute approximate surface area is 556 Å². The molecule has 93 heavy (non-hydrogen) atoms. The van der Waals surface area contributed by atoms with E-state index >= 15 is 0 Å². The maximum absolute atomic E-state index is 14.2. The molecule has 0 spiro atoms. The lowest BCUT2D eigenvalue weighted by atomic mass is 9.98. The highest BCUT2D eigenvalue weighted by atomic mass is 35.5. The molecule has 6 aliphatic heterocycles. The molecular weight excluding hydrogens is 1300 g/mol. The van der Waals surface area contributed by atoms with Crippen molar-refractivity contribution in [1.82, 2.24) is 49.6 Å². The molecule has 12 rings (SSSR count). The number of hydrogen-bond donors (Lipinski definition) is 6. The van der Waals surface area contributed by atoms with Crippen molar-refractivity contribution in [2.45, 2.75) is 128 Å². The van der Waals surface area contributed by atoms with Crippen LogP contribution in [-0.2, 0) is 29.5 Å². The number of sulfonamides is 2. The molecule has 0 aliphatic carbocycles. The van der Waals surface area contributed by atoms with Crippen LogP contribution in [-0.4, -0.2) is 193 Å². The van der Waals surface area contributed by atoms with Crippen LogP contribution in [0.5, 0.6) is 0 Å². The first-order valence-electron chi connectivity index (χ1n) is 30.7. The lowest BCUT2D eigenvalue weighted by molar-refractivity contribution is 0.0484. The summed E-state index contributed by atoms with van der Waals surface area (Å²) < 4.78 is 67.6. The summed E-state index contributed by atoms with van der Waals surface area (Å²) in [5.74, 6) is 2.53. The summed E-state index contributed by atoms with van der Waals surface area (Å²) in [7, 11) is -7.27. The van der Waals surface area contributed by atoms with Crippen molar-refractivity contribution in [2.24, 2.45) is 11.5 Å². The molecule has 10 heterocycles. The third-order valence-electron chi connectivity index (χ3n) is 16.4. The third kappa shape index (κ3) is 16.2. The average Bonchev–Trinajstić information content (AvgIpc) is 1.68. The zero-order chi connectivity index (χ0) is 65.9. The predicted octanol–water partition coefficient (Wildman–Crippen LogP) is 6.39. The van der Waals surface area contributed by atoms with Crippen molar-refractivity contribution >= 4 is 126 Å². The second-order valence-corrected chi connectivity index (χ2v) is 31.0. The largest absolute Gasteiger partial charge is 0.444 e. The second kappa shape index (κ2) is 26.8. The number of nitrogens with two attached hydrogens (primary N) is 2. The van der Waals surface area contributed by atoms with Crippen LogP contribution in [0.4, 0.5) is 44.2 Å². The number of amides is 4. The highest BCUT2D eigenvalue weighted by Gasteiger charge is 2.39. The van der Waals surface area contributed by atoms with Crippen molar-refractivity contribution in [3.8, 4) is 0 Å². The van der Waals surface area contributed by atoms with E-state index in [-0.39, 0.29) is 76.9 Å². The fraction of sp³-hybridized carbons (Fsp3) is 0.533. The first kappa shape index (κ1) is 68.5. The van der Waals surface area contributed by atoms with Crippen molar-refractivity contribution in [3.63, 3.8) is 0 Å². The van der Waals surface area contributed by atoms with E-state index in [1.807, 2.05) is 70.3 Å². The third-order valence-corrected chi connectivity index (χ3v) is 18.0. The zero-order valence-electron chi connectivity index (χ0n) is 53.1. The standard InChI is InChI=1S/C35H48ClN9O7S.C25H32ClN9O3S.ClH/c1-34(2,3)51-32(47)37-22-17-42(18-22)28-16-30(43-19-23(20-43)38-33(48)52-35(4,5)6)45-29(39-28)15-26(40-45)27-10-8-9-13-44(27)31(46)24-14-21(36)11-12-25(24)41-53(7,49)50;1-39(37,38)31-19-6-5-15(26)8-18(19)25(36)34-7-3-2-4-21(34)20-9-23-29-22(32-11-16(27)12-32)10-24(35(23)30-20)33-13-17(28)14-33;/h11-12,14-16,22-23,27,41H,8-10,13,17-20H2,1-7H3,(H,37,47)(H,38,48);5-6,8-10,16-17,21,31H,2-4,7,11-14,27-28H2,1H3;1H/t27-;21-;/m00./s1. The number of anilines is 6. The Kier molecular flexibility index (Phi) is 19.7. The fourth-order valence-corrected chi connectivity index (χ4v) is 13.6. The van der Waals surface area contributed by atoms with Crippen LogP contribution >= 0.6 is 35.6 Å². The van der Waals surface area contributed by atoms with Gasteiger partial charge in [0.25, 0.3) is 11.8 Å².